The van der Waals surface area contributed by atoms with Gasteiger partial charge in [0.1, 0.15) is 11.6 Å². The summed E-state index contributed by atoms with van der Waals surface area (Å²) in [6, 6.07) is 9.51. The van der Waals surface area contributed by atoms with E-state index in [0.29, 0.717) is 18.5 Å². The highest BCUT2D eigenvalue weighted by Gasteiger charge is 2.46. The van der Waals surface area contributed by atoms with Gasteiger partial charge in [-0.15, -0.1) is 12.4 Å². The number of fused-ring (bicyclic) bond motifs is 1. The summed E-state index contributed by atoms with van der Waals surface area (Å²) in [4.78, 5) is 13.2. The highest BCUT2D eigenvalue weighted by Crippen LogP contribution is 2.46. The van der Waals surface area contributed by atoms with E-state index in [1.165, 1.54) is 0 Å². The van der Waals surface area contributed by atoms with E-state index in [2.05, 4.69) is 10.6 Å². The van der Waals surface area contributed by atoms with Crippen molar-refractivity contribution in [2.75, 3.05) is 19.0 Å². The lowest BCUT2D eigenvalue weighted by atomic mass is 9.63. The fraction of sp³-hybridized carbons (Fsp3) is 0.409. The highest BCUT2D eigenvalue weighted by atomic mass is 35.5. The van der Waals surface area contributed by atoms with Crippen molar-refractivity contribution in [3.05, 3.63) is 58.4 Å². The van der Waals surface area contributed by atoms with Gasteiger partial charge in [-0.25, -0.2) is 4.39 Å². The van der Waals surface area contributed by atoms with Gasteiger partial charge in [-0.2, -0.15) is 0 Å². The Morgan fingerprint density at radius 2 is 2.04 bits per heavy atom. The molecular formula is C22H26ClFN2O2. The molecular weight excluding hydrogens is 379 g/mol. The summed E-state index contributed by atoms with van der Waals surface area (Å²) in [6.07, 6.45) is 3.16. The maximum atomic E-state index is 14.9. The maximum Gasteiger partial charge on any atom is 0.235 e. The molecule has 1 fully saturated rings. The van der Waals surface area contributed by atoms with Gasteiger partial charge in [-0.1, -0.05) is 24.6 Å². The van der Waals surface area contributed by atoms with Crippen LogP contribution in [-0.4, -0.2) is 19.6 Å². The van der Waals surface area contributed by atoms with Gasteiger partial charge in [0.15, 0.2) is 0 Å². The number of methoxy groups -OCH3 is 1. The molecule has 2 aromatic rings. The number of nitrogens with one attached hydrogen (secondary N) is 2. The average Bonchev–Trinajstić information content (AvgIpc) is 2.64. The largest absolute Gasteiger partial charge is 0.496 e. The lowest BCUT2D eigenvalue weighted by Gasteiger charge is -2.41. The van der Waals surface area contributed by atoms with Crippen LogP contribution in [0.15, 0.2) is 30.3 Å². The first-order valence-electron chi connectivity index (χ1n) is 9.53. The minimum absolute atomic E-state index is 0. The fourth-order valence-corrected chi connectivity index (χ4v) is 4.17. The summed E-state index contributed by atoms with van der Waals surface area (Å²) in [6.45, 7) is 3.41. The number of rotatable bonds is 4. The van der Waals surface area contributed by atoms with Gasteiger partial charge in [0, 0.05) is 6.54 Å². The summed E-state index contributed by atoms with van der Waals surface area (Å²) in [7, 11) is 1.64. The van der Waals surface area contributed by atoms with Crippen molar-refractivity contribution >= 4 is 24.0 Å². The molecule has 2 aromatic carbocycles. The van der Waals surface area contributed by atoms with E-state index < -0.39 is 5.41 Å². The van der Waals surface area contributed by atoms with Crippen LogP contribution in [-0.2, 0) is 23.2 Å². The number of hydrogen-bond donors (Lipinski definition) is 2. The van der Waals surface area contributed by atoms with Crippen LogP contribution in [0.1, 0.15) is 41.5 Å². The molecule has 0 radical (unpaired) electrons. The van der Waals surface area contributed by atoms with Crippen molar-refractivity contribution in [2.24, 2.45) is 0 Å². The van der Waals surface area contributed by atoms with Crippen LogP contribution in [0.25, 0.3) is 0 Å². The third-order valence-corrected chi connectivity index (χ3v) is 6.06. The minimum Gasteiger partial charge on any atom is -0.496 e. The summed E-state index contributed by atoms with van der Waals surface area (Å²) >= 11 is 0. The summed E-state index contributed by atoms with van der Waals surface area (Å²) in [5.74, 6) is 0.352. The number of carbonyl (C=O) groups excluding carboxylic acids is 1. The van der Waals surface area contributed by atoms with E-state index in [9.17, 15) is 9.18 Å². The van der Waals surface area contributed by atoms with Crippen LogP contribution in [0.2, 0.25) is 0 Å². The molecule has 6 heteroatoms. The van der Waals surface area contributed by atoms with Gasteiger partial charge in [-0.3, -0.25) is 4.79 Å². The Morgan fingerprint density at radius 3 is 2.71 bits per heavy atom. The molecule has 1 aliphatic heterocycles. The highest BCUT2D eigenvalue weighted by molar-refractivity contribution is 6.00. The van der Waals surface area contributed by atoms with Crippen LogP contribution in [0, 0.1) is 12.7 Å². The van der Waals surface area contributed by atoms with Crippen molar-refractivity contribution in [1.82, 2.24) is 5.32 Å². The average molecular weight is 405 g/mol. The Labute approximate surface area is 171 Å². The van der Waals surface area contributed by atoms with E-state index in [4.69, 9.17) is 4.74 Å². The zero-order valence-electron chi connectivity index (χ0n) is 16.2. The predicted octanol–water partition coefficient (Wildman–Crippen LogP) is 4.27. The monoisotopic (exact) mass is 404 g/mol. The molecule has 2 N–H and O–H groups in total. The third-order valence-electron chi connectivity index (χ3n) is 6.06. The number of anilines is 1. The summed E-state index contributed by atoms with van der Waals surface area (Å²) in [5.41, 5.74) is 3.34. The number of benzene rings is 2. The number of halogens is 2. The molecule has 1 heterocycles. The van der Waals surface area contributed by atoms with Gasteiger partial charge in [-0.05, 0) is 67.1 Å². The first-order valence-corrected chi connectivity index (χ1v) is 9.53. The van der Waals surface area contributed by atoms with E-state index in [1.807, 2.05) is 31.2 Å². The SMILES string of the molecule is COc1cc(C2(C(=O)Nc3ccc4c(c3F)CCNC4)CCC2)ccc1C.Cl. The second-order valence-electron chi connectivity index (χ2n) is 7.57. The lowest BCUT2D eigenvalue weighted by Crippen LogP contribution is -2.46. The van der Waals surface area contributed by atoms with Gasteiger partial charge in [0.25, 0.3) is 0 Å². The molecule has 0 aromatic heterocycles. The number of aryl methyl sites for hydroxylation is 1. The zero-order valence-corrected chi connectivity index (χ0v) is 17.0. The first kappa shape index (κ1) is 20.6. The van der Waals surface area contributed by atoms with Crippen molar-refractivity contribution < 1.29 is 13.9 Å². The molecule has 0 spiro atoms. The number of ether oxygens (including phenoxy) is 1. The molecule has 1 saturated carbocycles. The molecule has 28 heavy (non-hydrogen) atoms. The lowest BCUT2D eigenvalue weighted by molar-refractivity contribution is -0.124. The van der Waals surface area contributed by atoms with Gasteiger partial charge in [0.05, 0.1) is 18.2 Å². The minimum atomic E-state index is -0.606. The van der Waals surface area contributed by atoms with E-state index in [0.717, 1.165) is 48.2 Å². The van der Waals surface area contributed by atoms with E-state index >= 15 is 0 Å². The van der Waals surface area contributed by atoms with Crippen LogP contribution >= 0.6 is 12.4 Å². The molecule has 4 nitrogen and oxygen atoms in total. The predicted molar refractivity (Wildman–Crippen MR) is 111 cm³/mol. The normalized spacial score (nSPS) is 17.0. The standard InChI is InChI=1S/C22H25FN2O2.ClH/c1-14-4-6-16(12-19(14)27-2)22(9-3-10-22)21(26)25-18-7-5-15-13-24-11-8-17(15)20(18)23;/h4-7,12,24H,3,8-11,13H2,1-2H3,(H,25,26);1H. The molecule has 2 aliphatic rings. The summed E-state index contributed by atoms with van der Waals surface area (Å²) in [5, 5.41) is 6.12. The quantitative estimate of drug-likeness (QED) is 0.800. The smallest absolute Gasteiger partial charge is 0.235 e. The van der Waals surface area contributed by atoms with Crippen LogP contribution < -0.4 is 15.4 Å². The van der Waals surface area contributed by atoms with E-state index in [1.54, 1.807) is 13.2 Å². The molecule has 0 unspecified atom stereocenters. The van der Waals surface area contributed by atoms with Crippen molar-refractivity contribution in [1.29, 1.82) is 0 Å². The number of amides is 1. The van der Waals surface area contributed by atoms with Crippen molar-refractivity contribution in [3.63, 3.8) is 0 Å². The van der Waals surface area contributed by atoms with Gasteiger partial charge < -0.3 is 15.4 Å². The molecule has 0 atom stereocenters. The van der Waals surface area contributed by atoms with Crippen molar-refractivity contribution in [3.8, 4) is 5.75 Å². The first-order chi connectivity index (χ1) is 13.0. The van der Waals surface area contributed by atoms with Crippen LogP contribution in [0.5, 0.6) is 5.75 Å². The fourth-order valence-electron chi connectivity index (χ4n) is 4.17. The van der Waals surface area contributed by atoms with Crippen molar-refractivity contribution in [2.45, 2.75) is 44.6 Å². The van der Waals surface area contributed by atoms with Gasteiger partial charge >= 0.3 is 0 Å². The molecule has 4 rings (SSSR count). The molecule has 0 saturated heterocycles. The Balaban J connectivity index is 0.00000225. The van der Waals surface area contributed by atoms with Crippen LogP contribution in [0.4, 0.5) is 10.1 Å². The number of hydrogen-bond acceptors (Lipinski definition) is 3. The van der Waals surface area contributed by atoms with E-state index in [-0.39, 0.29) is 29.8 Å². The number of carbonyl (C=O) groups is 1. The van der Waals surface area contributed by atoms with Crippen LogP contribution in [0.3, 0.4) is 0 Å². The summed E-state index contributed by atoms with van der Waals surface area (Å²) < 4.78 is 20.4. The Kier molecular flexibility index (Phi) is 5.96. The Bertz CT molecular complexity index is 896. The molecule has 1 aliphatic carbocycles. The third kappa shape index (κ3) is 3.38. The molecule has 0 bridgehead atoms. The molecule has 150 valence electrons. The second kappa shape index (κ2) is 8.10. The zero-order chi connectivity index (χ0) is 19.0. The second-order valence-corrected chi connectivity index (χ2v) is 7.57. The Morgan fingerprint density at radius 1 is 1.25 bits per heavy atom. The topological polar surface area (TPSA) is 50.4 Å². The van der Waals surface area contributed by atoms with Gasteiger partial charge in [0.2, 0.25) is 5.91 Å². The molecule has 1 amide bonds. The Hall–Kier alpha value is -2.11. The maximum absolute atomic E-state index is 14.9.